The second-order valence-corrected chi connectivity index (χ2v) is 7.09. The van der Waals surface area contributed by atoms with Crippen LogP contribution in [0.1, 0.15) is 55.0 Å². The maximum absolute atomic E-state index is 12.1. The Hall–Kier alpha value is -2.56. The van der Waals surface area contributed by atoms with E-state index in [-0.39, 0.29) is 18.0 Å². The first-order valence-corrected chi connectivity index (χ1v) is 8.82. The van der Waals surface area contributed by atoms with Crippen LogP contribution in [-0.2, 0) is 20.7 Å². The summed E-state index contributed by atoms with van der Waals surface area (Å²) < 4.78 is 16.3. The van der Waals surface area contributed by atoms with Crippen LogP contribution < -0.4 is 0 Å². The summed E-state index contributed by atoms with van der Waals surface area (Å²) in [5, 5.41) is 0. The highest BCUT2D eigenvalue weighted by Crippen LogP contribution is 2.31. The number of hydrogen-bond donors (Lipinski definition) is 0. The van der Waals surface area contributed by atoms with Crippen LogP contribution >= 0.6 is 0 Å². The van der Waals surface area contributed by atoms with Crippen LogP contribution in [-0.4, -0.2) is 25.2 Å². The Morgan fingerprint density at radius 2 is 2.12 bits per heavy atom. The molecule has 0 aliphatic carbocycles. The average Bonchev–Trinajstić information content (AvgIpc) is 3.13. The number of carbonyl (C=O) groups is 2. The van der Waals surface area contributed by atoms with Crippen molar-refractivity contribution in [2.45, 2.75) is 45.6 Å². The van der Waals surface area contributed by atoms with Crippen molar-refractivity contribution in [3.63, 3.8) is 0 Å². The molecular weight excluding hydrogens is 332 g/mol. The fourth-order valence-electron chi connectivity index (χ4n) is 3.48. The fourth-order valence-corrected chi connectivity index (χ4v) is 3.48. The van der Waals surface area contributed by atoms with E-state index in [0.717, 1.165) is 23.1 Å². The summed E-state index contributed by atoms with van der Waals surface area (Å²) in [7, 11) is 1.36. The van der Waals surface area contributed by atoms with Crippen molar-refractivity contribution in [2.24, 2.45) is 5.92 Å². The van der Waals surface area contributed by atoms with E-state index in [2.05, 4.69) is 6.58 Å². The molecule has 2 aliphatic rings. The van der Waals surface area contributed by atoms with Crippen molar-refractivity contribution in [2.75, 3.05) is 7.11 Å². The number of fused-ring (bicyclic) bond motifs is 3. The van der Waals surface area contributed by atoms with Crippen molar-refractivity contribution < 1.29 is 23.5 Å². The van der Waals surface area contributed by atoms with E-state index in [0.29, 0.717) is 36.3 Å². The van der Waals surface area contributed by atoms with Gasteiger partial charge < -0.3 is 13.9 Å². The van der Waals surface area contributed by atoms with E-state index in [9.17, 15) is 9.59 Å². The molecule has 4 bridgehead atoms. The van der Waals surface area contributed by atoms with Gasteiger partial charge in [-0.15, -0.1) is 0 Å². The summed E-state index contributed by atoms with van der Waals surface area (Å²) in [6.45, 7) is 7.98. The molecule has 1 aromatic heterocycles. The second-order valence-electron chi connectivity index (χ2n) is 7.09. The zero-order valence-electron chi connectivity index (χ0n) is 15.5. The third-order valence-electron chi connectivity index (χ3n) is 4.94. The minimum Gasteiger partial charge on any atom is -0.465 e. The first-order valence-electron chi connectivity index (χ1n) is 8.82. The molecule has 0 saturated carbocycles. The monoisotopic (exact) mass is 356 g/mol. The number of esters is 2. The molecule has 0 unspecified atom stereocenters. The molecule has 1 aromatic rings. The highest BCUT2D eigenvalue weighted by Gasteiger charge is 2.28. The van der Waals surface area contributed by atoms with Gasteiger partial charge >= 0.3 is 11.9 Å². The van der Waals surface area contributed by atoms with Gasteiger partial charge in [-0.1, -0.05) is 17.7 Å². The predicted molar refractivity (Wildman–Crippen MR) is 97.5 cm³/mol. The summed E-state index contributed by atoms with van der Waals surface area (Å²) in [4.78, 5) is 24.2. The lowest BCUT2D eigenvalue weighted by Gasteiger charge is -2.16. The van der Waals surface area contributed by atoms with E-state index < -0.39 is 5.97 Å². The average molecular weight is 356 g/mol. The molecule has 0 radical (unpaired) electrons. The summed E-state index contributed by atoms with van der Waals surface area (Å²) >= 11 is 0. The van der Waals surface area contributed by atoms with Crippen LogP contribution in [0.25, 0.3) is 6.08 Å². The highest BCUT2D eigenvalue weighted by molar-refractivity contribution is 5.91. The Bertz CT molecular complexity index is 808. The molecule has 26 heavy (non-hydrogen) atoms. The molecular formula is C21H24O5. The third-order valence-corrected chi connectivity index (χ3v) is 4.94. The normalized spacial score (nSPS) is 23.0. The largest absolute Gasteiger partial charge is 0.465 e. The molecule has 2 atom stereocenters. The van der Waals surface area contributed by atoms with E-state index >= 15 is 0 Å². The molecule has 138 valence electrons. The molecule has 0 amide bonds. The Morgan fingerprint density at radius 3 is 2.81 bits per heavy atom. The summed E-state index contributed by atoms with van der Waals surface area (Å²) in [6.07, 6.45) is 6.07. The highest BCUT2D eigenvalue weighted by atomic mass is 16.5. The number of hydrogen-bond acceptors (Lipinski definition) is 5. The van der Waals surface area contributed by atoms with Crippen molar-refractivity contribution in [3.05, 3.63) is 52.5 Å². The van der Waals surface area contributed by atoms with Crippen LogP contribution in [0, 0.1) is 5.92 Å². The Morgan fingerprint density at radius 1 is 1.35 bits per heavy atom. The number of rotatable bonds is 2. The molecule has 0 fully saturated rings. The number of allylic oxidation sites excluding steroid dienone is 1. The van der Waals surface area contributed by atoms with Crippen LogP contribution in [0.4, 0.5) is 0 Å². The van der Waals surface area contributed by atoms with Gasteiger partial charge in [0.25, 0.3) is 0 Å². The van der Waals surface area contributed by atoms with Gasteiger partial charge in [0.1, 0.15) is 23.2 Å². The first kappa shape index (κ1) is 18.2. The Kier molecular flexibility index (Phi) is 5.16. The molecule has 0 saturated heterocycles. The van der Waals surface area contributed by atoms with E-state index in [1.54, 1.807) is 6.07 Å². The van der Waals surface area contributed by atoms with Gasteiger partial charge in [-0.05, 0) is 50.8 Å². The standard InChI is InChI=1S/C21H24O5/c1-12(2)14-5-6-15-9-16(26-20(15)22)7-13(3)8-17-11-18(21(23)24-4)19(10-14)25-17/h8-9,11,14,16H,1,5-7,10H2,2-4H3/t14-,16+/m1/s1. The number of carbonyl (C=O) groups excluding carboxylic acids is 2. The lowest BCUT2D eigenvalue weighted by molar-refractivity contribution is -0.139. The molecule has 3 rings (SSSR count). The van der Waals surface area contributed by atoms with Crippen LogP contribution in [0.3, 0.4) is 0 Å². The Labute approximate surface area is 153 Å². The van der Waals surface area contributed by atoms with Gasteiger partial charge in [-0.3, -0.25) is 0 Å². The van der Waals surface area contributed by atoms with Gasteiger partial charge in [0, 0.05) is 18.4 Å². The van der Waals surface area contributed by atoms with E-state index in [4.69, 9.17) is 13.9 Å². The Balaban J connectivity index is 2.01. The minimum atomic E-state index is -0.407. The second kappa shape index (κ2) is 7.36. The smallest absolute Gasteiger partial charge is 0.341 e. The van der Waals surface area contributed by atoms with Gasteiger partial charge in [0.15, 0.2) is 0 Å². The minimum absolute atomic E-state index is 0.0935. The lowest BCUT2D eigenvalue weighted by atomic mass is 9.89. The summed E-state index contributed by atoms with van der Waals surface area (Å²) in [6, 6.07) is 1.72. The quantitative estimate of drug-likeness (QED) is 0.586. The fraction of sp³-hybridized carbons (Fsp3) is 0.429. The number of ether oxygens (including phenoxy) is 2. The SMILES string of the molecule is C=C(C)[C@@H]1CCC2=C[C@H](CC(C)=Cc3cc(C(=O)OC)c(o3)C1)OC2=O. The molecule has 2 aliphatic heterocycles. The molecule has 5 nitrogen and oxygen atoms in total. The van der Waals surface area contributed by atoms with Crippen molar-refractivity contribution in [1.29, 1.82) is 0 Å². The van der Waals surface area contributed by atoms with Crippen molar-refractivity contribution in [1.82, 2.24) is 0 Å². The van der Waals surface area contributed by atoms with Gasteiger partial charge in [-0.2, -0.15) is 0 Å². The summed E-state index contributed by atoms with van der Waals surface area (Å²) in [5.41, 5.74) is 3.17. The zero-order chi connectivity index (χ0) is 18.8. The molecule has 0 N–H and O–H groups in total. The number of methoxy groups -OCH3 is 1. The van der Waals surface area contributed by atoms with Crippen LogP contribution in [0.2, 0.25) is 0 Å². The molecule has 3 heterocycles. The van der Waals surface area contributed by atoms with Crippen molar-refractivity contribution >= 4 is 18.0 Å². The maximum atomic E-state index is 12.1. The van der Waals surface area contributed by atoms with Crippen molar-refractivity contribution in [3.8, 4) is 0 Å². The van der Waals surface area contributed by atoms with Gasteiger partial charge in [0.05, 0.1) is 7.11 Å². The molecule has 0 spiro atoms. The third kappa shape index (κ3) is 3.82. The summed E-state index contributed by atoms with van der Waals surface area (Å²) in [5.74, 6) is 0.662. The van der Waals surface area contributed by atoms with Gasteiger partial charge in [-0.25, -0.2) is 9.59 Å². The topological polar surface area (TPSA) is 65.7 Å². The van der Waals surface area contributed by atoms with Crippen LogP contribution in [0.15, 0.2) is 39.9 Å². The lowest BCUT2D eigenvalue weighted by Crippen LogP contribution is -2.11. The van der Waals surface area contributed by atoms with E-state index in [1.165, 1.54) is 7.11 Å². The first-order chi connectivity index (χ1) is 12.4. The maximum Gasteiger partial charge on any atom is 0.341 e. The van der Waals surface area contributed by atoms with E-state index in [1.807, 2.05) is 26.0 Å². The molecule has 5 heteroatoms. The molecule has 0 aromatic carbocycles. The number of furan rings is 1. The zero-order valence-corrected chi connectivity index (χ0v) is 15.5. The van der Waals surface area contributed by atoms with Crippen LogP contribution in [0.5, 0.6) is 0 Å². The van der Waals surface area contributed by atoms with Gasteiger partial charge in [0.2, 0.25) is 0 Å². The predicted octanol–water partition coefficient (Wildman–Crippen LogP) is 4.24.